The number of carbonyl (C=O) groups is 1. The van der Waals surface area contributed by atoms with E-state index in [0.717, 1.165) is 28.7 Å². The van der Waals surface area contributed by atoms with E-state index in [-0.39, 0.29) is 11.6 Å². The molecule has 0 aliphatic carbocycles. The molecule has 1 saturated heterocycles. The first-order chi connectivity index (χ1) is 16.4. The smallest absolute Gasteiger partial charge is 0.271 e. The fourth-order valence-electron chi connectivity index (χ4n) is 4.18. The number of non-ortho nitro benzene ring substituents is 1. The second kappa shape index (κ2) is 8.89. The van der Waals surface area contributed by atoms with Gasteiger partial charge < -0.3 is 4.57 Å². The van der Waals surface area contributed by atoms with Crippen LogP contribution in [0.5, 0.6) is 0 Å². The van der Waals surface area contributed by atoms with Crippen molar-refractivity contribution < 1.29 is 9.72 Å². The number of hydrogen-bond acceptors (Lipinski definition) is 5. The number of nitro benzene ring substituents is 1. The van der Waals surface area contributed by atoms with Crippen molar-refractivity contribution in [2.75, 3.05) is 4.90 Å². The molecule has 5 rings (SSSR count). The molecule has 0 N–H and O–H groups in total. The summed E-state index contributed by atoms with van der Waals surface area (Å²) < 4.78 is 2.60. The van der Waals surface area contributed by atoms with Gasteiger partial charge in [0.1, 0.15) is 0 Å². The standard InChI is InChI=1S/C26H19N3O3S2/c1-17-22(21-12-5-6-13-23(21)27(17)16-18-8-3-2-4-9-18)15-24-25(30)28(26(33)34-24)19-10-7-11-20(14-19)29(31)32/h2-15H,16H2,1H3/b24-15+. The van der Waals surface area contributed by atoms with Gasteiger partial charge in [0.25, 0.3) is 11.6 Å². The minimum atomic E-state index is -0.484. The van der Waals surface area contributed by atoms with Crippen molar-refractivity contribution in [1.29, 1.82) is 0 Å². The minimum Gasteiger partial charge on any atom is -0.340 e. The van der Waals surface area contributed by atoms with Crippen LogP contribution in [0.15, 0.2) is 83.8 Å². The normalized spacial score (nSPS) is 15.0. The number of carbonyl (C=O) groups excluding carboxylic acids is 1. The second-order valence-corrected chi connectivity index (χ2v) is 9.56. The van der Waals surface area contributed by atoms with E-state index in [1.54, 1.807) is 12.1 Å². The van der Waals surface area contributed by atoms with Crippen LogP contribution in [0.1, 0.15) is 16.8 Å². The van der Waals surface area contributed by atoms with Gasteiger partial charge in [-0.1, -0.05) is 78.6 Å². The van der Waals surface area contributed by atoms with E-state index in [9.17, 15) is 14.9 Å². The lowest BCUT2D eigenvalue weighted by Gasteiger charge is -2.13. The van der Waals surface area contributed by atoms with E-state index in [0.29, 0.717) is 14.9 Å². The summed E-state index contributed by atoms with van der Waals surface area (Å²) in [6.07, 6.45) is 1.88. The van der Waals surface area contributed by atoms with Crippen LogP contribution in [0, 0.1) is 17.0 Å². The number of aromatic nitrogens is 1. The van der Waals surface area contributed by atoms with E-state index >= 15 is 0 Å². The Morgan fingerprint density at radius 1 is 1.03 bits per heavy atom. The number of amides is 1. The quantitative estimate of drug-likeness (QED) is 0.143. The Bertz CT molecular complexity index is 1490. The summed E-state index contributed by atoms with van der Waals surface area (Å²) in [6.45, 7) is 2.77. The zero-order chi connectivity index (χ0) is 23.8. The van der Waals surface area contributed by atoms with Gasteiger partial charge in [0.15, 0.2) is 4.32 Å². The number of thiocarbonyl (C=S) groups is 1. The predicted octanol–water partition coefficient (Wildman–Crippen LogP) is 6.31. The van der Waals surface area contributed by atoms with Gasteiger partial charge in [0.05, 0.1) is 15.5 Å². The molecule has 2 heterocycles. The third kappa shape index (κ3) is 3.91. The highest BCUT2D eigenvalue weighted by molar-refractivity contribution is 8.27. The highest BCUT2D eigenvalue weighted by atomic mass is 32.2. The topological polar surface area (TPSA) is 68.4 Å². The number of nitro groups is 1. The first-order valence-corrected chi connectivity index (χ1v) is 11.8. The predicted molar refractivity (Wildman–Crippen MR) is 141 cm³/mol. The third-order valence-corrected chi connectivity index (χ3v) is 7.13. The maximum atomic E-state index is 13.3. The van der Waals surface area contributed by atoms with Gasteiger partial charge >= 0.3 is 0 Å². The monoisotopic (exact) mass is 485 g/mol. The van der Waals surface area contributed by atoms with E-state index in [4.69, 9.17) is 12.2 Å². The fourth-order valence-corrected chi connectivity index (χ4v) is 5.46. The number of thioether (sulfide) groups is 1. The first-order valence-electron chi connectivity index (χ1n) is 10.6. The molecule has 1 aliphatic rings. The van der Waals surface area contributed by atoms with Gasteiger partial charge in [0, 0.05) is 40.8 Å². The molecule has 0 unspecified atom stereocenters. The van der Waals surface area contributed by atoms with Crippen LogP contribution >= 0.6 is 24.0 Å². The van der Waals surface area contributed by atoms with Gasteiger partial charge in [-0.3, -0.25) is 19.8 Å². The van der Waals surface area contributed by atoms with Gasteiger partial charge in [-0.05, 0) is 30.7 Å². The second-order valence-electron chi connectivity index (χ2n) is 7.88. The number of fused-ring (bicyclic) bond motifs is 1. The number of anilines is 1. The van der Waals surface area contributed by atoms with E-state index in [2.05, 4.69) is 35.8 Å². The van der Waals surface area contributed by atoms with E-state index in [1.165, 1.54) is 34.4 Å². The zero-order valence-electron chi connectivity index (χ0n) is 18.2. The van der Waals surface area contributed by atoms with Crippen LogP contribution in [0.25, 0.3) is 17.0 Å². The molecular weight excluding hydrogens is 466 g/mol. The number of benzene rings is 3. The molecule has 0 atom stereocenters. The van der Waals surface area contributed by atoms with Crippen LogP contribution in [0.2, 0.25) is 0 Å². The molecule has 0 radical (unpaired) electrons. The van der Waals surface area contributed by atoms with Crippen LogP contribution in [0.4, 0.5) is 11.4 Å². The molecule has 1 aromatic heterocycles. The number of para-hydroxylation sites is 1. The van der Waals surface area contributed by atoms with Crippen LogP contribution in [0.3, 0.4) is 0 Å². The number of rotatable bonds is 5. The lowest BCUT2D eigenvalue weighted by atomic mass is 10.1. The average Bonchev–Trinajstić information content (AvgIpc) is 3.27. The summed E-state index contributed by atoms with van der Waals surface area (Å²) in [7, 11) is 0. The van der Waals surface area contributed by atoms with Crippen molar-refractivity contribution in [3.05, 3.63) is 111 Å². The van der Waals surface area contributed by atoms with Crippen molar-refractivity contribution in [3.63, 3.8) is 0 Å². The molecule has 1 aliphatic heterocycles. The molecule has 168 valence electrons. The molecule has 0 spiro atoms. The Labute approximate surface area is 205 Å². The van der Waals surface area contributed by atoms with Crippen molar-refractivity contribution in [1.82, 2.24) is 4.57 Å². The molecule has 34 heavy (non-hydrogen) atoms. The largest absolute Gasteiger partial charge is 0.340 e. The van der Waals surface area contributed by atoms with Crippen molar-refractivity contribution in [2.45, 2.75) is 13.5 Å². The van der Waals surface area contributed by atoms with Gasteiger partial charge in [-0.15, -0.1) is 0 Å². The Morgan fingerprint density at radius 3 is 2.53 bits per heavy atom. The van der Waals surface area contributed by atoms with Gasteiger partial charge in [0.2, 0.25) is 0 Å². The highest BCUT2D eigenvalue weighted by Gasteiger charge is 2.34. The SMILES string of the molecule is Cc1c(/C=C2/SC(=S)N(c3cccc([N+](=O)[O-])c3)C2=O)c2ccccc2n1Cc1ccccc1. The van der Waals surface area contributed by atoms with E-state index in [1.807, 2.05) is 36.4 Å². The number of nitrogens with zero attached hydrogens (tertiary/aromatic N) is 3. The third-order valence-electron chi connectivity index (χ3n) is 5.83. The summed E-state index contributed by atoms with van der Waals surface area (Å²) in [5.41, 5.74) is 4.59. The Balaban J connectivity index is 1.56. The molecule has 1 fully saturated rings. The lowest BCUT2D eigenvalue weighted by molar-refractivity contribution is -0.384. The summed E-state index contributed by atoms with van der Waals surface area (Å²) >= 11 is 6.68. The molecule has 0 saturated carbocycles. The minimum absolute atomic E-state index is 0.0876. The summed E-state index contributed by atoms with van der Waals surface area (Å²) in [5.74, 6) is -0.283. The van der Waals surface area contributed by atoms with Crippen molar-refractivity contribution in [3.8, 4) is 0 Å². The zero-order valence-corrected chi connectivity index (χ0v) is 19.8. The van der Waals surface area contributed by atoms with E-state index < -0.39 is 4.92 Å². The fraction of sp³-hybridized carbons (Fsp3) is 0.0769. The maximum absolute atomic E-state index is 13.3. The van der Waals surface area contributed by atoms with Crippen LogP contribution < -0.4 is 4.90 Å². The van der Waals surface area contributed by atoms with Crippen molar-refractivity contribution in [2.24, 2.45) is 0 Å². The summed E-state index contributed by atoms with van der Waals surface area (Å²) in [4.78, 5) is 25.9. The van der Waals surface area contributed by atoms with Crippen LogP contribution in [-0.2, 0) is 11.3 Å². The summed E-state index contributed by atoms with van der Waals surface area (Å²) in [6, 6.07) is 24.3. The Hall–Kier alpha value is -3.75. The molecule has 6 nitrogen and oxygen atoms in total. The first kappa shape index (κ1) is 22.1. The Kier molecular flexibility index (Phi) is 5.77. The average molecular weight is 486 g/mol. The molecule has 0 bridgehead atoms. The number of hydrogen-bond donors (Lipinski definition) is 0. The molecular formula is C26H19N3O3S2. The molecule has 8 heteroatoms. The molecule has 3 aromatic carbocycles. The lowest BCUT2D eigenvalue weighted by Crippen LogP contribution is -2.27. The summed E-state index contributed by atoms with van der Waals surface area (Å²) in [5, 5.41) is 12.2. The Morgan fingerprint density at radius 2 is 1.76 bits per heavy atom. The van der Waals surface area contributed by atoms with Crippen molar-refractivity contribution >= 4 is 62.6 Å². The maximum Gasteiger partial charge on any atom is 0.271 e. The van der Waals surface area contributed by atoms with Gasteiger partial charge in [-0.2, -0.15) is 0 Å². The highest BCUT2D eigenvalue weighted by Crippen LogP contribution is 2.39. The molecule has 1 amide bonds. The van der Waals surface area contributed by atoms with Crippen LogP contribution in [-0.4, -0.2) is 19.7 Å². The van der Waals surface area contributed by atoms with Gasteiger partial charge in [-0.25, -0.2) is 0 Å². The molecule has 4 aromatic rings.